The Labute approximate surface area is 183 Å². The first-order valence-electron chi connectivity index (χ1n) is 10.8. The number of H-pyrrole nitrogens is 1. The lowest BCUT2D eigenvalue weighted by Crippen LogP contribution is -2.28. The van der Waals surface area contributed by atoms with Gasteiger partial charge in [-0.1, -0.05) is 50.2 Å². The highest BCUT2D eigenvalue weighted by molar-refractivity contribution is 5.83. The van der Waals surface area contributed by atoms with Gasteiger partial charge in [0.2, 0.25) is 11.9 Å². The average molecular weight is 416 g/mol. The number of rotatable bonds is 9. The minimum absolute atomic E-state index is 0.521. The van der Waals surface area contributed by atoms with E-state index in [-0.39, 0.29) is 0 Å². The van der Waals surface area contributed by atoms with E-state index in [9.17, 15) is 0 Å². The van der Waals surface area contributed by atoms with Crippen LogP contribution in [0.3, 0.4) is 0 Å². The second-order valence-corrected chi connectivity index (χ2v) is 7.48. The molecule has 2 heterocycles. The van der Waals surface area contributed by atoms with Crippen LogP contribution in [0.5, 0.6) is 0 Å². The fraction of sp³-hybridized carbons (Fsp3) is 0.292. The van der Waals surface area contributed by atoms with Crippen molar-refractivity contribution in [3.63, 3.8) is 0 Å². The van der Waals surface area contributed by atoms with Crippen molar-refractivity contribution >= 4 is 28.7 Å². The van der Waals surface area contributed by atoms with Crippen LogP contribution >= 0.6 is 0 Å². The molecule has 0 saturated carbocycles. The lowest BCUT2D eigenvalue weighted by Gasteiger charge is -2.18. The standard InChI is InChI=1S/C24H29N7/c1-4-31(5-2)14-13-25-22-15-17(3)26-23(29-22)30-24-27-20-12-11-19(16-21(20)28-24)18-9-7-6-8-10-18/h6-12,15-16H,4-5,13-14H2,1-3H3,(H3,25,26,27,28,29,30). The number of hydrogen-bond donors (Lipinski definition) is 3. The van der Waals surface area contributed by atoms with Gasteiger partial charge in [0.15, 0.2) is 0 Å². The number of aromatic amines is 1. The normalized spacial score (nSPS) is 11.2. The van der Waals surface area contributed by atoms with Crippen LogP contribution in [0.15, 0.2) is 54.6 Å². The van der Waals surface area contributed by atoms with Gasteiger partial charge in [0.25, 0.3) is 0 Å². The van der Waals surface area contributed by atoms with E-state index in [1.165, 1.54) is 5.56 Å². The van der Waals surface area contributed by atoms with E-state index < -0.39 is 0 Å². The summed E-state index contributed by atoms with van der Waals surface area (Å²) in [5.41, 5.74) is 5.08. The molecule has 4 aromatic rings. The van der Waals surface area contributed by atoms with Gasteiger partial charge in [-0.3, -0.25) is 5.32 Å². The summed E-state index contributed by atoms with van der Waals surface area (Å²) in [6.45, 7) is 10.2. The topological polar surface area (TPSA) is 81.8 Å². The molecular weight excluding hydrogens is 386 g/mol. The van der Waals surface area contributed by atoms with Gasteiger partial charge < -0.3 is 15.2 Å². The molecule has 0 fully saturated rings. The Morgan fingerprint density at radius 1 is 0.903 bits per heavy atom. The average Bonchev–Trinajstić information content (AvgIpc) is 3.18. The van der Waals surface area contributed by atoms with Crippen molar-refractivity contribution in [1.29, 1.82) is 0 Å². The largest absolute Gasteiger partial charge is 0.369 e. The van der Waals surface area contributed by atoms with Crippen LogP contribution in [-0.4, -0.2) is 51.0 Å². The highest BCUT2D eigenvalue weighted by atomic mass is 15.2. The third kappa shape index (κ3) is 5.19. The number of likely N-dealkylation sites (N-methyl/N-ethyl adjacent to an activating group) is 1. The zero-order valence-electron chi connectivity index (χ0n) is 18.3. The molecule has 0 amide bonds. The molecule has 31 heavy (non-hydrogen) atoms. The Hall–Kier alpha value is -3.45. The third-order valence-electron chi connectivity index (χ3n) is 5.30. The third-order valence-corrected chi connectivity index (χ3v) is 5.30. The first-order chi connectivity index (χ1) is 15.1. The maximum atomic E-state index is 4.64. The molecule has 0 atom stereocenters. The monoisotopic (exact) mass is 415 g/mol. The SMILES string of the molecule is CCN(CC)CCNc1cc(C)nc(Nc2nc3ccc(-c4ccccc4)cc3[nH]2)n1. The lowest BCUT2D eigenvalue weighted by atomic mass is 10.1. The Bertz CT molecular complexity index is 1130. The summed E-state index contributed by atoms with van der Waals surface area (Å²) in [6.07, 6.45) is 0. The number of nitrogens with one attached hydrogen (secondary N) is 3. The maximum Gasteiger partial charge on any atom is 0.231 e. The number of hydrogen-bond acceptors (Lipinski definition) is 6. The van der Waals surface area contributed by atoms with Gasteiger partial charge in [0.05, 0.1) is 11.0 Å². The quantitative estimate of drug-likeness (QED) is 0.363. The molecule has 7 nitrogen and oxygen atoms in total. The maximum absolute atomic E-state index is 4.64. The molecule has 0 saturated heterocycles. The highest BCUT2D eigenvalue weighted by Crippen LogP contribution is 2.25. The number of benzene rings is 2. The van der Waals surface area contributed by atoms with E-state index in [1.807, 2.05) is 37.3 Å². The molecule has 0 spiro atoms. The van der Waals surface area contributed by atoms with Crippen LogP contribution in [0.1, 0.15) is 19.5 Å². The van der Waals surface area contributed by atoms with Gasteiger partial charge >= 0.3 is 0 Å². The summed E-state index contributed by atoms with van der Waals surface area (Å²) in [5.74, 6) is 1.96. The number of aryl methyl sites for hydroxylation is 1. The van der Waals surface area contributed by atoms with Gasteiger partial charge in [0.1, 0.15) is 5.82 Å². The number of nitrogens with zero attached hydrogens (tertiary/aromatic N) is 4. The summed E-state index contributed by atoms with van der Waals surface area (Å²) < 4.78 is 0. The zero-order chi connectivity index (χ0) is 21.6. The summed E-state index contributed by atoms with van der Waals surface area (Å²) in [4.78, 5) is 19.5. The fourth-order valence-electron chi connectivity index (χ4n) is 3.58. The van der Waals surface area contributed by atoms with Crippen molar-refractivity contribution in [3.8, 4) is 11.1 Å². The van der Waals surface area contributed by atoms with Crippen LogP contribution in [0.25, 0.3) is 22.2 Å². The molecule has 3 N–H and O–H groups in total. The van der Waals surface area contributed by atoms with E-state index in [1.54, 1.807) is 0 Å². The Kier molecular flexibility index (Phi) is 6.43. The second-order valence-electron chi connectivity index (χ2n) is 7.48. The highest BCUT2D eigenvalue weighted by Gasteiger charge is 2.08. The first kappa shape index (κ1) is 20.8. The van der Waals surface area contributed by atoms with Crippen molar-refractivity contribution in [2.45, 2.75) is 20.8 Å². The van der Waals surface area contributed by atoms with Crippen molar-refractivity contribution in [1.82, 2.24) is 24.8 Å². The molecule has 160 valence electrons. The van der Waals surface area contributed by atoms with Gasteiger partial charge in [0, 0.05) is 24.8 Å². The van der Waals surface area contributed by atoms with Gasteiger partial charge in [-0.2, -0.15) is 4.98 Å². The summed E-state index contributed by atoms with van der Waals surface area (Å²) in [5, 5.41) is 6.62. The summed E-state index contributed by atoms with van der Waals surface area (Å²) in [6, 6.07) is 18.5. The Morgan fingerprint density at radius 2 is 1.71 bits per heavy atom. The van der Waals surface area contributed by atoms with Crippen LogP contribution in [0, 0.1) is 6.92 Å². The van der Waals surface area contributed by atoms with Gasteiger partial charge in [-0.15, -0.1) is 0 Å². The second kappa shape index (κ2) is 9.57. The van der Waals surface area contributed by atoms with Crippen molar-refractivity contribution < 1.29 is 0 Å². The molecule has 7 heteroatoms. The fourth-order valence-corrected chi connectivity index (χ4v) is 3.58. The first-order valence-corrected chi connectivity index (χ1v) is 10.8. The van der Waals surface area contributed by atoms with E-state index in [0.717, 1.165) is 54.3 Å². The molecule has 2 aromatic carbocycles. The predicted molar refractivity (Wildman–Crippen MR) is 128 cm³/mol. The molecule has 4 rings (SSSR count). The van der Waals surface area contributed by atoms with E-state index >= 15 is 0 Å². The Balaban J connectivity index is 1.49. The minimum atomic E-state index is 0.521. The molecular formula is C24H29N7. The van der Waals surface area contributed by atoms with Gasteiger partial charge in [-0.05, 0) is 43.3 Å². The molecule has 0 aliphatic heterocycles. The van der Waals surface area contributed by atoms with Crippen LogP contribution in [-0.2, 0) is 0 Å². The lowest BCUT2D eigenvalue weighted by molar-refractivity contribution is 0.316. The minimum Gasteiger partial charge on any atom is -0.369 e. The summed E-state index contributed by atoms with van der Waals surface area (Å²) in [7, 11) is 0. The number of fused-ring (bicyclic) bond motifs is 1. The molecule has 0 radical (unpaired) electrons. The van der Waals surface area contributed by atoms with E-state index in [0.29, 0.717) is 11.9 Å². The number of imidazole rings is 1. The zero-order valence-corrected chi connectivity index (χ0v) is 18.3. The van der Waals surface area contributed by atoms with Crippen molar-refractivity contribution in [2.24, 2.45) is 0 Å². The molecule has 2 aromatic heterocycles. The molecule has 0 aliphatic rings. The summed E-state index contributed by atoms with van der Waals surface area (Å²) >= 11 is 0. The molecule has 0 unspecified atom stereocenters. The Morgan fingerprint density at radius 3 is 2.48 bits per heavy atom. The number of anilines is 3. The van der Waals surface area contributed by atoms with Crippen molar-refractivity contribution in [3.05, 3.63) is 60.3 Å². The van der Waals surface area contributed by atoms with Gasteiger partial charge in [-0.25, -0.2) is 9.97 Å². The molecule has 0 aliphatic carbocycles. The smallest absolute Gasteiger partial charge is 0.231 e. The van der Waals surface area contributed by atoms with E-state index in [2.05, 4.69) is 73.6 Å². The van der Waals surface area contributed by atoms with Crippen molar-refractivity contribution in [2.75, 3.05) is 36.8 Å². The van der Waals surface area contributed by atoms with E-state index in [4.69, 9.17) is 0 Å². The predicted octanol–water partition coefficient (Wildman–Crippen LogP) is 4.83. The number of aromatic nitrogens is 4. The van der Waals surface area contributed by atoms with Crippen LogP contribution in [0.4, 0.5) is 17.7 Å². The van der Waals surface area contributed by atoms with Crippen LogP contribution in [0.2, 0.25) is 0 Å². The van der Waals surface area contributed by atoms with Crippen LogP contribution < -0.4 is 10.6 Å². The molecule has 0 bridgehead atoms.